The molecule has 3 rings (SSSR count). The maximum atomic E-state index is 11.8. The van der Waals surface area contributed by atoms with Crippen LogP contribution in [-0.2, 0) is 11.2 Å². The number of nitrogens with zero attached hydrogens (tertiary/aromatic N) is 1. The highest BCUT2D eigenvalue weighted by atomic mass is 32.1. The summed E-state index contributed by atoms with van der Waals surface area (Å²) in [6.07, 6.45) is 7.85. The summed E-state index contributed by atoms with van der Waals surface area (Å²) in [5, 5.41) is 1.95. The summed E-state index contributed by atoms with van der Waals surface area (Å²) < 4.78 is 5.34. The number of ether oxygens (including phenoxy) is 1. The Morgan fingerprint density at radius 2 is 1.70 bits per heavy atom. The standard InChI is InChI=1S/C19H15NO2S/c21-19(14-18-2-1-13-23-18)22-17-7-5-15(6-8-17)3-4-16-9-11-20-12-10-16/h1-13H,14H2/b4-3+. The molecule has 114 valence electrons. The zero-order chi connectivity index (χ0) is 15.9. The van der Waals surface area contributed by atoms with Crippen molar-refractivity contribution in [1.82, 2.24) is 4.98 Å². The zero-order valence-corrected chi connectivity index (χ0v) is 13.2. The first-order valence-electron chi connectivity index (χ1n) is 7.21. The molecule has 3 aromatic rings. The van der Waals surface area contributed by atoms with Crippen LogP contribution in [0.1, 0.15) is 16.0 Å². The Kier molecular flexibility index (Phi) is 4.96. The highest BCUT2D eigenvalue weighted by Crippen LogP contribution is 2.16. The molecule has 4 heteroatoms. The van der Waals surface area contributed by atoms with E-state index >= 15 is 0 Å². The van der Waals surface area contributed by atoms with Gasteiger partial charge in [0.1, 0.15) is 5.75 Å². The average molecular weight is 321 g/mol. The molecule has 0 bridgehead atoms. The third-order valence-corrected chi connectivity index (χ3v) is 4.06. The van der Waals surface area contributed by atoms with Crippen molar-refractivity contribution in [3.63, 3.8) is 0 Å². The van der Waals surface area contributed by atoms with Gasteiger partial charge in [0.05, 0.1) is 6.42 Å². The summed E-state index contributed by atoms with van der Waals surface area (Å²) in [6, 6.07) is 15.2. The van der Waals surface area contributed by atoms with Crippen molar-refractivity contribution in [3.05, 3.63) is 82.3 Å². The molecular formula is C19H15NO2S. The first-order chi connectivity index (χ1) is 11.3. The first-order valence-corrected chi connectivity index (χ1v) is 8.09. The van der Waals surface area contributed by atoms with E-state index in [0.29, 0.717) is 12.2 Å². The maximum absolute atomic E-state index is 11.8. The van der Waals surface area contributed by atoms with Gasteiger partial charge >= 0.3 is 5.97 Å². The average Bonchev–Trinajstić information content (AvgIpc) is 3.08. The lowest BCUT2D eigenvalue weighted by atomic mass is 10.1. The minimum absolute atomic E-state index is 0.243. The smallest absolute Gasteiger partial charge is 0.316 e. The molecule has 2 aromatic heterocycles. The molecule has 0 unspecified atom stereocenters. The minimum atomic E-state index is -0.243. The van der Waals surface area contributed by atoms with Gasteiger partial charge in [-0.3, -0.25) is 9.78 Å². The van der Waals surface area contributed by atoms with E-state index in [1.165, 1.54) is 0 Å². The number of esters is 1. The van der Waals surface area contributed by atoms with Gasteiger partial charge in [-0.15, -0.1) is 11.3 Å². The fraction of sp³-hybridized carbons (Fsp3) is 0.0526. The predicted molar refractivity (Wildman–Crippen MR) is 93.3 cm³/mol. The van der Waals surface area contributed by atoms with E-state index in [4.69, 9.17) is 4.74 Å². The highest BCUT2D eigenvalue weighted by Gasteiger charge is 2.06. The first kappa shape index (κ1) is 15.2. The number of rotatable bonds is 5. The quantitative estimate of drug-likeness (QED) is 0.514. The van der Waals surface area contributed by atoms with Crippen molar-refractivity contribution < 1.29 is 9.53 Å². The van der Waals surface area contributed by atoms with Gasteiger partial charge in [-0.2, -0.15) is 0 Å². The summed E-state index contributed by atoms with van der Waals surface area (Å²) in [6.45, 7) is 0. The number of pyridine rings is 1. The Morgan fingerprint density at radius 3 is 2.35 bits per heavy atom. The molecule has 0 aliphatic carbocycles. The number of benzene rings is 1. The molecule has 3 nitrogen and oxygen atoms in total. The molecule has 23 heavy (non-hydrogen) atoms. The van der Waals surface area contributed by atoms with E-state index in [0.717, 1.165) is 16.0 Å². The second kappa shape index (κ2) is 7.51. The molecule has 0 radical (unpaired) electrons. The van der Waals surface area contributed by atoms with Crippen molar-refractivity contribution in [3.8, 4) is 5.75 Å². The van der Waals surface area contributed by atoms with Crippen LogP contribution in [-0.4, -0.2) is 11.0 Å². The number of carbonyl (C=O) groups excluding carboxylic acids is 1. The molecule has 0 saturated heterocycles. The van der Waals surface area contributed by atoms with Crippen LogP contribution in [0.15, 0.2) is 66.3 Å². The minimum Gasteiger partial charge on any atom is -0.426 e. The van der Waals surface area contributed by atoms with Gasteiger partial charge in [-0.05, 0) is 46.8 Å². The highest BCUT2D eigenvalue weighted by molar-refractivity contribution is 7.10. The second-order valence-corrected chi connectivity index (χ2v) is 5.95. The zero-order valence-electron chi connectivity index (χ0n) is 12.4. The second-order valence-electron chi connectivity index (χ2n) is 4.91. The van der Waals surface area contributed by atoms with Crippen molar-refractivity contribution in [2.24, 2.45) is 0 Å². The van der Waals surface area contributed by atoms with Crippen LogP contribution >= 0.6 is 11.3 Å². The number of thiophene rings is 1. The third kappa shape index (κ3) is 4.63. The molecule has 0 amide bonds. The lowest BCUT2D eigenvalue weighted by molar-refractivity contribution is -0.133. The fourth-order valence-corrected chi connectivity index (χ4v) is 2.73. The van der Waals surface area contributed by atoms with Crippen LogP contribution in [0.3, 0.4) is 0 Å². The van der Waals surface area contributed by atoms with Crippen LogP contribution < -0.4 is 4.74 Å². The van der Waals surface area contributed by atoms with Gasteiger partial charge in [-0.25, -0.2) is 0 Å². The summed E-state index contributed by atoms with van der Waals surface area (Å²) in [5.41, 5.74) is 2.13. The Bertz CT molecular complexity index is 778. The van der Waals surface area contributed by atoms with E-state index in [1.54, 1.807) is 35.9 Å². The topological polar surface area (TPSA) is 39.2 Å². The van der Waals surface area contributed by atoms with Crippen molar-refractivity contribution >= 4 is 29.5 Å². The summed E-state index contributed by atoms with van der Waals surface area (Å²) in [7, 11) is 0. The number of hydrogen-bond donors (Lipinski definition) is 0. The van der Waals surface area contributed by atoms with Crippen molar-refractivity contribution in [1.29, 1.82) is 0 Å². The van der Waals surface area contributed by atoms with Crippen molar-refractivity contribution in [2.75, 3.05) is 0 Å². The van der Waals surface area contributed by atoms with Gasteiger partial charge in [0.2, 0.25) is 0 Å². The van der Waals surface area contributed by atoms with Crippen LogP contribution in [0, 0.1) is 0 Å². The Balaban J connectivity index is 1.58. The van der Waals surface area contributed by atoms with Gasteiger partial charge in [-0.1, -0.05) is 30.4 Å². The van der Waals surface area contributed by atoms with Crippen LogP contribution in [0.4, 0.5) is 0 Å². The van der Waals surface area contributed by atoms with E-state index in [9.17, 15) is 4.79 Å². The largest absolute Gasteiger partial charge is 0.426 e. The van der Waals surface area contributed by atoms with Gasteiger partial charge in [0.25, 0.3) is 0 Å². The summed E-state index contributed by atoms with van der Waals surface area (Å²) >= 11 is 1.55. The summed E-state index contributed by atoms with van der Waals surface area (Å²) in [5.74, 6) is 0.320. The molecule has 0 aliphatic rings. The number of aromatic nitrogens is 1. The van der Waals surface area contributed by atoms with E-state index < -0.39 is 0 Å². The molecule has 0 atom stereocenters. The normalized spacial score (nSPS) is 10.8. The molecular weight excluding hydrogens is 306 g/mol. The Morgan fingerprint density at radius 1 is 1.00 bits per heavy atom. The SMILES string of the molecule is O=C(Cc1cccs1)Oc1ccc(/C=C/c2ccncc2)cc1. The summed E-state index contributed by atoms with van der Waals surface area (Å²) in [4.78, 5) is 16.8. The maximum Gasteiger partial charge on any atom is 0.316 e. The van der Waals surface area contributed by atoms with E-state index in [2.05, 4.69) is 4.98 Å². The molecule has 0 N–H and O–H groups in total. The van der Waals surface area contributed by atoms with Crippen LogP contribution in [0.25, 0.3) is 12.2 Å². The Labute approximate surface area is 138 Å². The van der Waals surface area contributed by atoms with Gasteiger partial charge in [0.15, 0.2) is 0 Å². The molecule has 2 heterocycles. The Hall–Kier alpha value is -2.72. The number of carbonyl (C=O) groups is 1. The molecule has 0 aliphatic heterocycles. The van der Waals surface area contributed by atoms with Gasteiger partial charge in [0, 0.05) is 17.3 Å². The predicted octanol–water partition coefficient (Wildman–Crippen LogP) is 4.46. The van der Waals surface area contributed by atoms with E-state index in [1.807, 2.05) is 53.9 Å². The molecule has 1 aromatic carbocycles. The molecule has 0 fully saturated rings. The molecule has 0 saturated carbocycles. The molecule has 0 spiro atoms. The van der Waals surface area contributed by atoms with Gasteiger partial charge < -0.3 is 4.74 Å². The lowest BCUT2D eigenvalue weighted by Crippen LogP contribution is -2.10. The van der Waals surface area contributed by atoms with Crippen LogP contribution in [0.2, 0.25) is 0 Å². The lowest BCUT2D eigenvalue weighted by Gasteiger charge is -2.03. The number of hydrogen-bond acceptors (Lipinski definition) is 4. The van der Waals surface area contributed by atoms with Crippen LogP contribution in [0.5, 0.6) is 5.75 Å². The third-order valence-electron chi connectivity index (χ3n) is 3.18. The monoisotopic (exact) mass is 321 g/mol. The fourth-order valence-electron chi connectivity index (χ4n) is 2.04. The van der Waals surface area contributed by atoms with E-state index in [-0.39, 0.29) is 5.97 Å². The van der Waals surface area contributed by atoms with Crippen molar-refractivity contribution in [2.45, 2.75) is 6.42 Å².